The summed E-state index contributed by atoms with van der Waals surface area (Å²) in [5.41, 5.74) is 0. The summed E-state index contributed by atoms with van der Waals surface area (Å²) in [5.74, 6) is 0.289. The van der Waals surface area contributed by atoms with Crippen LogP contribution < -0.4 is 10.1 Å². The van der Waals surface area contributed by atoms with Crippen molar-refractivity contribution in [1.29, 1.82) is 0 Å². The zero-order valence-corrected chi connectivity index (χ0v) is 12.9. The molecule has 18 heavy (non-hydrogen) atoms. The molecule has 0 saturated carbocycles. The summed E-state index contributed by atoms with van der Waals surface area (Å²) in [6.45, 7) is 9.01. The number of benzene rings is 1. The highest BCUT2D eigenvalue weighted by Crippen LogP contribution is 2.24. The Morgan fingerprint density at radius 3 is 2.50 bits per heavy atom. The Kier molecular flexibility index (Phi) is 6.09. The molecule has 0 radical (unpaired) electrons. The average molecular weight is 318 g/mol. The van der Waals surface area contributed by atoms with Crippen molar-refractivity contribution in [1.82, 2.24) is 5.32 Å². The zero-order chi connectivity index (χ0) is 13.7. The highest BCUT2D eigenvalue weighted by atomic mass is 79.9. The van der Waals surface area contributed by atoms with E-state index >= 15 is 0 Å². The van der Waals surface area contributed by atoms with Gasteiger partial charge >= 0.3 is 0 Å². The van der Waals surface area contributed by atoms with Crippen LogP contribution in [-0.4, -0.2) is 18.7 Å². The second-order valence-corrected chi connectivity index (χ2v) is 5.95. The minimum absolute atomic E-state index is 0.0452. The fraction of sp³-hybridized carbons (Fsp3) is 0.571. The van der Waals surface area contributed by atoms with Crippen molar-refractivity contribution in [2.45, 2.75) is 39.8 Å². The second kappa shape index (κ2) is 7.10. The van der Waals surface area contributed by atoms with Gasteiger partial charge in [0, 0.05) is 17.1 Å². The van der Waals surface area contributed by atoms with Crippen molar-refractivity contribution >= 4 is 15.9 Å². The lowest BCUT2D eigenvalue weighted by Crippen LogP contribution is -2.38. The predicted molar refractivity (Wildman–Crippen MR) is 76.5 cm³/mol. The van der Waals surface area contributed by atoms with Gasteiger partial charge < -0.3 is 10.1 Å². The first-order valence-corrected chi connectivity index (χ1v) is 7.04. The van der Waals surface area contributed by atoms with Crippen LogP contribution in [0.15, 0.2) is 22.7 Å². The molecule has 102 valence electrons. The maximum Gasteiger partial charge on any atom is 0.165 e. The maximum atomic E-state index is 13.6. The molecule has 0 heterocycles. The first-order chi connectivity index (χ1) is 8.40. The summed E-state index contributed by atoms with van der Waals surface area (Å²) in [4.78, 5) is 0. The van der Waals surface area contributed by atoms with Crippen molar-refractivity contribution in [3.8, 4) is 5.75 Å². The van der Waals surface area contributed by atoms with Crippen molar-refractivity contribution in [3.05, 3.63) is 28.5 Å². The smallest absolute Gasteiger partial charge is 0.165 e. The van der Waals surface area contributed by atoms with E-state index in [1.807, 2.05) is 0 Å². The third kappa shape index (κ3) is 4.94. The number of hydrogen-bond acceptors (Lipinski definition) is 2. The summed E-state index contributed by atoms with van der Waals surface area (Å²) < 4.78 is 20.2. The normalized spacial score (nSPS) is 13.1. The standard InChI is InChI=1S/C14H21BrFNO/c1-9(2)14(8-17-10(3)4)18-13-7-11(15)5-6-12(13)16/h5-7,9-10,14,17H,8H2,1-4H3. The summed E-state index contributed by atoms with van der Waals surface area (Å²) in [7, 11) is 0. The third-order valence-corrected chi connectivity index (χ3v) is 3.14. The zero-order valence-electron chi connectivity index (χ0n) is 11.3. The Balaban J connectivity index is 2.73. The van der Waals surface area contributed by atoms with Crippen molar-refractivity contribution in [3.63, 3.8) is 0 Å². The van der Waals surface area contributed by atoms with Crippen LogP contribution >= 0.6 is 15.9 Å². The molecule has 0 spiro atoms. The van der Waals surface area contributed by atoms with Gasteiger partial charge in [-0.15, -0.1) is 0 Å². The Morgan fingerprint density at radius 1 is 1.28 bits per heavy atom. The molecule has 0 aromatic heterocycles. The Bertz CT molecular complexity index is 382. The van der Waals surface area contributed by atoms with Gasteiger partial charge in [-0.05, 0) is 24.1 Å². The maximum absolute atomic E-state index is 13.6. The summed E-state index contributed by atoms with van der Waals surface area (Å²) in [6, 6.07) is 5.13. The van der Waals surface area contributed by atoms with E-state index in [-0.39, 0.29) is 11.9 Å². The number of nitrogens with one attached hydrogen (secondary N) is 1. The van der Waals surface area contributed by atoms with Crippen LogP contribution in [0.4, 0.5) is 4.39 Å². The van der Waals surface area contributed by atoms with Crippen molar-refractivity contribution < 1.29 is 9.13 Å². The van der Waals surface area contributed by atoms with Crippen LogP contribution in [0.3, 0.4) is 0 Å². The van der Waals surface area contributed by atoms with Gasteiger partial charge in [0.15, 0.2) is 11.6 Å². The Hall–Kier alpha value is -0.610. The van der Waals surface area contributed by atoms with E-state index in [4.69, 9.17) is 4.74 Å². The molecule has 4 heteroatoms. The van der Waals surface area contributed by atoms with E-state index in [1.165, 1.54) is 6.07 Å². The molecule has 0 amide bonds. The molecule has 0 aliphatic carbocycles. The molecule has 0 fully saturated rings. The number of hydrogen-bond donors (Lipinski definition) is 1. The molecule has 1 rings (SSSR count). The summed E-state index contributed by atoms with van der Waals surface area (Å²) >= 11 is 3.32. The number of ether oxygens (including phenoxy) is 1. The van der Waals surface area contributed by atoms with Gasteiger partial charge in [0.2, 0.25) is 0 Å². The molecular weight excluding hydrogens is 297 g/mol. The van der Waals surface area contributed by atoms with E-state index in [1.54, 1.807) is 12.1 Å². The largest absolute Gasteiger partial charge is 0.486 e. The Labute approximate surface area is 117 Å². The fourth-order valence-corrected chi connectivity index (χ4v) is 1.84. The first-order valence-electron chi connectivity index (χ1n) is 6.25. The molecule has 1 unspecified atom stereocenters. The lowest BCUT2D eigenvalue weighted by molar-refractivity contribution is 0.140. The van der Waals surface area contributed by atoms with Crippen LogP contribution in [0.2, 0.25) is 0 Å². The van der Waals surface area contributed by atoms with Gasteiger partial charge in [0.05, 0.1) is 0 Å². The number of halogens is 2. The van der Waals surface area contributed by atoms with Crippen molar-refractivity contribution in [2.75, 3.05) is 6.54 Å². The average Bonchev–Trinajstić information content (AvgIpc) is 2.28. The number of rotatable bonds is 6. The van der Waals surface area contributed by atoms with Gasteiger partial charge in [0.1, 0.15) is 6.10 Å². The Morgan fingerprint density at radius 2 is 1.94 bits per heavy atom. The van der Waals surface area contributed by atoms with E-state index in [0.717, 1.165) is 4.47 Å². The van der Waals surface area contributed by atoms with Gasteiger partial charge in [-0.1, -0.05) is 43.6 Å². The minimum Gasteiger partial charge on any atom is -0.486 e. The highest BCUT2D eigenvalue weighted by molar-refractivity contribution is 9.10. The lowest BCUT2D eigenvalue weighted by Gasteiger charge is -2.24. The topological polar surface area (TPSA) is 21.3 Å². The molecule has 0 aliphatic heterocycles. The molecule has 1 N–H and O–H groups in total. The van der Waals surface area contributed by atoms with E-state index in [0.29, 0.717) is 24.3 Å². The van der Waals surface area contributed by atoms with E-state index in [9.17, 15) is 4.39 Å². The fourth-order valence-electron chi connectivity index (χ4n) is 1.50. The second-order valence-electron chi connectivity index (χ2n) is 5.04. The van der Waals surface area contributed by atoms with Gasteiger partial charge in [-0.25, -0.2) is 4.39 Å². The monoisotopic (exact) mass is 317 g/mol. The molecule has 1 atom stereocenters. The summed E-state index contributed by atoms with van der Waals surface area (Å²) in [5, 5.41) is 3.32. The highest BCUT2D eigenvalue weighted by Gasteiger charge is 2.17. The summed E-state index contributed by atoms with van der Waals surface area (Å²) in [6.07, 6.45) is -0.0452. The third-order valence-electron chi connectivity index (χ3n) is 2.64. The van der Waals surface area contributed by atoms with Gasteiger partial charge in [-0.2, -0.15) is 0 Å². The quantitative estimate of drug-likeness (QED) is 0.856. The SMILES string of the molecule is CC(C)NCC(Oc1cc(Br)ccc1F)C(C)C. The molecule has 0 saturated heterocycles. The van der Waals surface area contributed by atoms with Crippen LogP contribution in [0.1, 0.15) is 27.7 Å². The molecular formula is C14H21BrFNO. The molecule has 1 aromatic carbocycles. The van der Waals surface area contributed by atoms with Crippen LogP contribution in [0.5, 0.6) is 5.75 Å². The molecule has 2 nitrogen and oxygen atoms in total. The van der Waals surface area contributed by atoms with Gasteiger partial charge in [0.25, 0.3) is 0 Å². The molecule has 0 bridgehead atoms. The van der Waals surface area contributed by atoms with E-state index in [2.05, 4.69) is 48.9 Å². The van der Waals surface area contributed by atoms with Gasteiger partial charge in [-0.3, -0.25) is 0 Å². The van der Waals surface area contributed by atoms with E-state index < -0.39 is 0 Å². The van der Waals surface area contributed by atoms with Crippen LogP contribution in [-0.2, 0) is 0 Å². The van der Waals surface area contributed by atoms with Crippen molar-refractivity contribution in [2.24, 2.45) is 5.92 Å². The molecule has 0 aliphatic rings. The first kappa shape index (κ1) is 15.4. The predicted octanol–water partition coefficient (Wildman–Crippen LogP) is 3.99. The lowest BCUT2D eigenvalue weighted by atomic mass is 10.1. The van der Waals surface area contributed by atoms with Crippen LogP contribution in [0, 0.1) is 11.7 Å². The van der Waals surface area contributed by atoms with Crippen LogP contribution in [0.25, 0.3) is 0 Å². The minimum atomic E-state index is -0.326. The molecule has 1 aromatic rings.